The average Bonchev–Trinajstić information content (AvgIpc) is 3.58. The molecule has 10 nitrogen and oxygen atoms in total. The summed E-state index contributed by atoms with van der Waals surface area (Å²) in [6.45, 7) is 4.93. The number of benzene rings is 1. The number of aromatic hydroxyl groups is 1. The minimum atomic E-state index is -0.730. The van der Waals surface area contributed by atoms with Crippen LogP contribution in [-0.2, 0) is 27.3 Å². The SMILES string of the molecule is CCCC[C@@H]1CC[C@](CCc2cc(CN3C[C@@H](CCN=C(N)N)CC3=O)c(O)c(OC3CCCC3)c2)(OC(C)=O)C[C@H]1O. The van der Waals surface area contributed by atoms with Crippen LogP contribution in [0.15, 0.2) is 17.1 Å². The number of guanidine groups is 1. The number of carbonyl (C=O) groups is 2. The summed E-state index contributed by atoms with van der Waals surface area (Å²) >= 11 is 0. The van der Waals surface area contributed by atoms with Gasteiger partial charge in [-0.2, -0.15) is 0 Å². The molecule has 4 rings (SSSR count). The van der Waals surface area contributed by atoms with E-state index >= 15 is 0 Å². The Labute approximate surface area is 256 Å². The van der Waals surface area contributed by atoms with E-state index in [4.69, 9.17) is 20.9 Å². The fraction of sp³-hybridized carbons (Fsp3) is 0.727. The first kappa shape index (κ1) is 32.9. The fourth-order valence-corrected chi connectivity index (χ4v) is 7.19. The molecule has 0 bridgehead atoms. The maximum atomic E-state index is 12.9. The molecule has 10 heteroatoms. The van der Waals surface area contributed by atoms with Gasteiger partial charge in [0.25, 0.3) is 0 Å². The summed E-state index contributed by atoms with van der Waals surface area (Å²) in [7, 11) is 0. The zero-order valence-corrected chi connectivity index (χ0v) is 26.1. The van der Waals surface area contributed by atoms with Crippen molar-refractivity contribution in [3.05, 3.63) is 23.3 Å². The quantitative estimate of drug-likeness (QED) is 0.140. The van der Waals surface area contributed by atoms with Crippen LogP contribution in [0.1, 0.15) is 108 Å². The Morgan fingerprint density at radius 3 is 2.63 bits per heavy atom. The molecule has 2 saturated carbocycles. The number of aryl methyl sites for hydroxylation is 1. The second-order valence-corrected chi connectivity index (χ2v) is 13.1. The zero-order valence-electron chi connectivity index (χ0n) is 26.1. The number of phenolic OH excluding ortho intramolecular Hbond substituents is 1. The Kier molecular flexibility index (Phi) is 11.6. The second kappa shape index (κ2) is 15.1. The summed E-state index contributed by atoms with van der Waals surface area (Å²) < 4.78 is 12.2. The number of esters is 1. The van der Waals surface area contributed by atoms with Gasteiger partial charge in [-0.3, -0.25) is 14.6 Å². The van der Waals surface area contributed by atoms with Crippen molar-refractivity contribution in [2.24, 2.45) is 28.3 Å². The van der Waals surface area contributed by atoms with E-state index in [1.165, 1.54) is 6.92 Å². The van der Waals surface area contributed by atoms with Crippen LogP contribution >= 0.6 is 0 Å². The number of likely N-dealkylation sites (tertiary alicyclic amines) is 1. The first-order chi connectivity index (χ1) is 20.6. The van der Waals surface area contributed by atoms with Gasteiger partial charge in [0.2, 0.25) is 5.91 Å². The number of hydrogen-bond acceptors (Lipinski definition) is 7. The van der Waals surface area contributed by atoms with Crippen molar-refractivity contribution in [2.45, 2.75) is 128 Å². The fourth-order valence-electron chi connectivity index (χ4n) is 7.19. The van der Waals surface area contributed by atoms with Gasteiger partial charge in [-0.15, -0.1) is 0 Å². The van der Waals surface area contributed by atoms with Gasteiger partial charge in [-0.25, -0.2) is 0 Å². The van der Waals surface area contributed by atoms with Crippen molar-refractivity contribution < 1.29 is 29.3 Å². The van der Waals surface area contributed by atoms with Gasteiger partial charge in [0, 0.05) is 45.0 Å². The number of hydrogen-bond donors (Lipinski definition) is 4. The minimum Gasteiger partial charge on any atom is -0.504 e. The van der Waals surface area contributed by atoms with Gasteiger partial charge in [-0.1, -0.05) is 25.8 Å². The topological polar surface area (TPSA) is 161 Å². The van der Waals surface area contributed by atoms with E-state index < -0.39 is 11.7 Å². The lowest BCUT2D eigenvalue weighted by Gasteiger charge is -2.42. The number of rotatable bonds is 14. The van der Waals surface area contributed by atoms with E-state index in [-0.39, 0.29) is 48.1 Å². The van der Waals surface area contributed by atoms with Crippen LogP contribution in [0.2, 0.25) is 0 Å². The minimum absolute atomic E-state index is 0.0420. The van der Waals surface area contributed by atoms with Crippen LogP contribution in [0, 0.1) is 11.8 Å². The zero-order chi connectivity index (χ0) is 31.0. The molecule has 0 spiro atoms. The molecule has 3 fully saturated rings. The van der Waals surface area contributed by atoms with Gasteiger partial charge in [0.15, 0.2) is 17.5 Å². The molecule has 3 aliphatic rings. The maximum absolute atomic E-state index is 12.9. The lowest BCUT2D eigenvalue weighted by Crippen LogP contribution is -2.45. The molecule has 0 unspecified atom stereocenters. The number of ether oxygens (including phenoxy) is 2. The average molecular weight is 601 g/mol. The van der Waals surface area contributed by atoms with E-state index in [1.54, 1.807) is 4.90 Å². The Bertz CT molecular complexity index is 1130. The van der Waals surface area contributed by atoms with E-state index in [1.807, 2.05) is 12.1 Å². The number of carbonyl (C=O) groups excluding carboxylic acids is 2. The predicted octanol–water partition coefficient (Wildman–Crippen LogP) is 4.31. The molecule has 0 radical (unpaired) electrons. The van der Waals surface area contributed by atoms with Crippen LogP contribution in [0.25, 0.3) is 0 Å². The monoisotopic (exact) mass is 600 g/mol. The standard InChI is InChI=1S/C33H52N4O6/c1-3-4-7-25-11-14-33(19-28(25)39,43-22(2)38)13-10-23-16-26(31(41)29(17-23)42-27-8-5-6-9-27)21-37-20-24(18-30(37)40)12-15-36-32(34)35/h16-17,24-25,27-28,39,41H,3-15,18-21H2,1-2H3,(H4,34,35,36)/t24-,25+,28+,33-/m0/s1. The summed E-state index contributed by atoms with van der Waals surface area (Å²) in [5.41, 5.74) is 11.8. The van der Waals surface area contributed by atoms with Crippen molar-refractivity contribution in [1.82, 2.24) is 4.90 Å². The highest BCUT2D eigenvalue weighted by Gasteiger charge is 2.42. The predicted molar refractivity (Wildman–Crippen MR) is 165 cm³/mol. The van der Waals surface area contributed by atoms with Crippen LogP contribution in [0.5, 0.6) is 11.5 Å². The van der Waals surface area contributed by atoms with Gasteiger partial charge in [0.1, 0.15) is 5.60 Å². The first-order valence-electron chi connectivity index (χ1n) is 16.3. The number of phenols is 1. The molecule has 43 heavy (non-hydrogen) atoms. The highest BCUT2D eigenvalue weighted by molar-refractivity contribution is 5.79. The van der Waals surface area contributed by atoms with E-state index in [2.05, 4.69) is 11.9 Å². The lowest BCUT2D eigenvalue weighted by molar-refractivity contribution is -0.168. The maximum Gasteiger partial charge on any atom is 0.303 e. The van der Waals surface area contributed by atoms with Crippen molar-refractivity contribution >= 4 is 17.8 Å². The molecule has 0 aromatic heterocycles. The highest BCUT2D eigenvalue weighted by Crippen LogP contribution is 2.42. The molecule has 2 aliphatic carbocycles. The highest BCUT2D eigenvalue weighted by atomic mass is 16.6. The van der Waals surface area contributed by atoms with Crippen LogP contribution < -0.4 is 16.2 Å². The number of aliphatic hydroxyl groups is 1. The molecule has 1 aliphatic heterocycles. The number of nitrogens with two attached hydrogens (primary N) is 2. The van der Waals surface area contributed by atoms with Crippen molar-refractivity contribution in [1.29, 1.82) is 0 Å². The molecule has 4 atom stereocenters. The van der Waals surface area contributed by atoms with Gasteiger partial charge < -0.3 is 36.1 Å². The van der Waals surface area contributed by atoms with Gasteiger partial charge >= 0.3 is 5.97 Å². The summed E-state index contributed by atoms with van der Waals surface area (Å²) in [5.74, 6) is 0.661. The Hall–Kier alpha value is -3.01. The van der Waals surface area contributed by atoms with Crippen molar-refractivity contribution in [3.8, 4) is 11.5 Å². The lowest BCUT2D eigenvalue weighted by atomic mass is 9.72. The van der Waals surface area contributed by atoms with E-state index in [0.29, 0.717) is 56.5 Å². The van der Waals surface area contributed by atoms with Gasteiger partial charge in [-0.05, 0) is 87.7 Å². The third-order valence-electron chi connectivity index (χ3n) is 9.55. The molecular formula is C33H52N4O6. The molecule has 6 N–H and O–H groups in total. The third-order valence-corrected chi connectivity index (χ3v) is 9.55. The molecular weight excluding hydrogens is 548 g/mol. The summed E-state index contributed by atoms with van der Waals surface area (Å²) in [6, 6.07) is 3.84. The second-order valence-electron chi connectivity index (χ2n) is 13.1. The summed E-state index contributed by atoms with van der Waals surface area (Å²) in [6.07, 6.45) is 11.1. The summed E-state index contributed by atoms with van der Waals surface area (Å²) in [4.78, 5) is 30.9. The smallest absolute Gasteiger partial charge is 0.303 e. The normalized spacial score (nSPS) is 26.1. The molecule has 1 aromatic rings. The Balaban J connectivity index is 1.51. The molecule has 1 aromatic carbocycles. The number of aliphatic imine (C=N–C) groups is 1. The summed E-state index contributed by atoms with van der Waals surface area (Å²) in [5, 5.41) is 22.3. The van der Waals surface area contributed by atoms with Crippen molar-refractivity contribution in [3.63, 3.8) is 0 Å². The molecule has 1 amide bonds. The number of nitrogens with zero attached hydrogens (tertiary/aromatic N) is 2. The van der Waals surface area contributed by atoms with E-state index in [9.17, 15) is 19.8 Å². The van der Waals surface area contributed by atoms with Gasteiger partial charge in [0.05, 0.1) is 12.2 Å². The number of unbranched alkanes of at least 4 members (excludes halogenated alkanes) is 1. The number of amides is 1. The van der Waals surface area contributed by atoms with Crippen LogP contribution in [0.4, 0.5) is 0 Å². The number of aliphatic hydroxyl groups excluding tert-OH is 1. The third kappa shape index (κ3) is 9.24. The Morgan fingerprint density at radius 2 is 1.95 bits per heavy atom. The van der Waals surface area contributed by atoms with Crippen LogP contribution in [0.3, 0.4) is 0 Å². The molecule has 1 heterocycles. The molecule has 1 saturated heterocycles. The van der Waals surface area contributed by atoms with E-state index in [0.717, 1.165) is 63.4 Å². The molecule has 240 valence electrons. The first-order valence-corrected chi connectivity index (χ1v) is 16.3. The largest absolute Gasteiger partial charge is 0.504 e. The van der Waals surface area contributed by atoms with Crippen LogP contribution in [-0.4, -0.2) is 63.8 Å². The Morgan fingerprint density at radius 1 is 1.19 bits per heavy atom. The van der Waals surface area contributed by atoms with Crippen molar-refractivity contribution in [2.75, 3.05) is 13.1 Å².